The largest absolute Gasteiger partial charge is 0.508 e. The summed E-state index contributed by atoms with van der Waals surface area (Å²) in [5, 5.41) is 163. The minimum Gasteiger partial charge on any atom is -0.508 e. The number of carboxylic acid groups (broad SMARTS) is 1. The van der Waals surface area contributed by atoms with E-state index in [1.165, 1.54) is 36.4 Å². The van der Waals surface area contributed by atoms with Crippen LogP contribution in [0.15, 0.2) is 115 Å². The van der Waals surface area contributed by atoms with E-state index in [-0.39, 0.29) is 38.8 Å². The Morgan fingerprint density at radius 1 is 0.555 bits per heavy atom. The van der Waals surface area contributed by atoms with Crippen molar-refractivity contribution in [1.29, 1.82) is 0 Å². The third kappa shape index (κ3) is 15.1. The van der Waals surface area contributed by atoms with Gasteiger partial charge in [-0.15, -0.1) is 0 Å². The SMILES string of the molecule is CC(=O)NC1C(OC2c3ccc(c(Cl)c3)Oc3cc4cc(c3O)Oc3ccc(cc3Cl)CC3NC(=O)C(N)c5cccc(O)c5Oc5cc(O)cc(c5)C(NC3=O)C(=O)NC4C(=O)NC3C(=O)NC2C(=O)NC(C(=O)O)c2cc(O)cc(OC4OC(CO)C(O)C(O)C4O)c2-c2cc3ccc2O)OC(CO)C(O)C1O. The van der Waals surface area contributed by atoms with Crippen LogP contribution >= 0.6 is 23.2 Å². The molecule has 38 heteroatoms. The minimum atomic E-state index is -2.51. The van der Waals surface area contributed by atoms with Gasteiger partial charge in [-0.2, -0.15) is 0 Å². The first-order chi connectivity index (χ1) is 52.4. The predicted octanol–water partition coefficient (Wildman–Crippen LogP) is 0.426. The Kier molecular flexibility index (Phi) is 21.6. The van der Waals surface area contributed by atoms with Crippen LogP contribution in [-0.2, 0) is 59.0 Å². The third-order valence-electron chi connectivity index (χ3n) is 19.0. The van der Waals surface area contributed by atoms with E-state index >= 15 is 24.0 Å². The Hall–Kier alpha value is -11.4. The van der Waals surface area contributed by atoms with E-state index in [0.29, 0.717) is 0 Å². The monoisotopic (exact) mass is 1560 g/mol. The number of halogens is 2. The highest BCUT2D eigenvalue weighted by atomic mass is 35.5. The van der Waals surface area contributed by atoms with Gasteiger partial charge in [0.15, 0.2) is 35.3 Å². The molecule has 578 valence electrons. The van der Waals surface area contributed by atoms with Crippen molar-refractivity contribution in [2.75, 3.05) is 13.2 Å². The first-order valence-electron chi connectivity index (χ1n) is 33.5. The highest BCUT2D eigenvalue weighted by Gasteiger charge is 2.50. The summed E-state index contributed by atoms with van der Waals surface area (Å²) in [6.07, 6.45) is -20.7. The van der Waals surface area contributed by atoms with Crippen molar-refractivity contribution in [3.8, 4) is 80.1 Å². The second-order valence-electron chi connectivity index (χ2n) is 26.4. The van der Waals surface area contributed by atoms with Crippen LogP contribution in [-0.4, -0.2) is 200 Å². The van der Waals surface area contributed by atoms with Crippen LogP contribution < -0.4 is 61.9 Å². The summed E-state index contributed by atoms with van der Waals surface area (Å²) in [6, 6.07) is 3.72. The number of benzene rings is 7. The molecule has 22 N–H and O–H groups in total. The third-order valence-corrected chi connectivity index (χ3v) is 19.6. The van der Waals surface area contributed by atoms with E-state index in [9.17, 15) is 80.8 Å². The van der Waals surface area contributed by atoms with Gasteiger partial charge >= 0.3 is 5.97 Å². The van der Waals surface area contributed by atoms with Crippen molar-refractivity contribution in [3.05, 3.63) is 164 Å². The number of rotatable bonds is 8. The Morgan fingerprint density at radius 3 is 1.80 bits per heavy atom. The molecule has 7 amide bonds. The number of ether oxygens (including phenoxy) is 7. The smallest absolute Gasteiger partial charge is 0.330 e. The topological polar surface area (TPSA) is 574 Å². The number of phenols is 5. The van der Waals surface area contributed by atoms with E-state index in [0.717, 1.165) is 85.8 Å². The lowest BCUT2D eigenvalue weighted by Crippen LogP contribution is -2.65. The number of carboxylic acids is 1. The number of amides is 7. The number of nitrogens with one attached hydrogen (secondary N) is 7. The van der Waals surface area contributed by atoms with Crippen LogP contribution in [0.1, 0.15) is 82.2 Å². The number of carbonyl (C=O) groups excluding carboxylic acids is 7. The Balaban J connectivity index is 1.05. The molecule has 0 aliphatic carbocycles. The van der Waals surface area contributed by atoms with E-state index in [1.807, 2.05) is 0 Å². The minimum absolute atomic E-state index is 0.125. The maximum Gasteiger partial charge on any atom is 0.330 e. The molecule has 15 rings (SSSR count). The van der Waals surface area contributed by atoms with Crippen molar-refractivity contribution in [1.82, 2.24) is 37.2 Å². The summed E-state index contributed by atoms with van der Waals surface area (Å²) >= 11 is 14.1. The molecule has 7 aromatic rings. The lowest BCUT2D eigenvalue weighted by molar-refractivity contribution is -0.284. The van der Waals surface area contributed by atoms with Crippen LogP contribution in [0.4, 0.5) is 0 Å². The number of aliphatic carboxylic acids is 1. The molecule has 0 radical (unpaired) electrons. The van der Waals surface area contributed by atoms with Crippen molar-refractivity contribution < 1.29 is 138 Å². The van der Waals surface area contributed by atoms with E-state index in [2.05, 4.69) is 37.2 Å². The Bertz CT molecular complexity index is 4880. The molecule has 0 saturated carbocycles. The quantitative estimate of drug-likeness (QED) is 0.0980. The van der Waals surface area contributed by atoms with Gasteiger partial charge in [-0.1, -0.05) is 53.5 Å². The van der Waals surface area contributed by atoms with Gasteiger partial charge in [-0.25, -0.2) is 4.79 Å². The highest BCUT2D eigenvalue weighted by molar-refractivity contribution is 6.32. The fourth-order valence-corrected chi connectivity index (χ4v) is 14.0. The molecule has 7 aromatic carbocycles. The normalized spacial score (nSPS) is 28.1. The Morgan fingerprint density at radius 2 is 1.15 bits per heavy atom. The summed E-state index contributed by atoms with van der Waals surface area (Å²) in [4.78, 5) is 121. The number of aliphatic hydroxyl groups excluding tert-OH is 7. The second kappa shape index (κ2) is 31.0. The number of aliphatic hydroxyl groups is 7. The number of nitrogens with two attached hydrogens (primary N) is 1. The zero-order valence-corrected chi connectivity index (χ0v) is 58.3. The molecule has 36 nitrogen and oxygen atoms in total. The fraction of sp³-hybridized carbons (Fsp3) is 0.306. The molecule has 18 atom stereocenters. The van der Waals surface area contributed by atoms with Crippen molar-refractivity contribution in [2.45, 2.75) is 123 Å². The average Bonchev–Trinajstić information content (AvgIpc) is 0.794. The van der Waals surface area contributed by atoms with Crippen molar-refractivity contribution in [2.24, 2.45) is 5.73 Å². The molecule has 8 aliphatic heterocycles. The number of hydrogen-bond donors (Lipinski definition) is 21. The van der Waals surface area contributed by atoms with E-state index < -0.39 is 267 Å². The van der Waals surface area contributed by atoms with Gasteiger partial charge in [0.25, 0.3) is 0 Å². The summed E-state index contributed by atoms with van der Waals surface area (Å²) < 4.78 is 43.1. The number of hydrogen-bond acceptors (Lipinski definition) is 28. The number of carbonyl (C=O) groups is 8. The second-order valence-corrected chi connectivity index (χ2v) is 27.2. The van der Waals surface area contributed by atoms with Gasteiger partial charge in [-0.05, 0) is 101 Å². The maximum atomic E-state index is 16.4. The summed E-state index contributed by atoms with van der Waals surface area (Å²) in [6.45, 7) is -1.05. The zero-order valence-electron chi connectivity index (χ0n) is 56.8. The van der Waals surface area contributed by atoms with Crippen LogP contribution in [0, 0.1) is 0 Å². The molecule has 2 fully saturated rings. The maximum absolute atomic E-state index is 16.4. The van der Waals surface area contributed by atoms with Gasteiger partial charge in [0.05, 0.1) is 23.3 Å². The lowest BCUT2D eigenvalue weighted by atomic mass is 9.89. The fourth-order valence-electron chi connectivity index (χ4n) is 13.5. The van der Waals surface area contributed by atoms with E-state index in [1.54, 1.807) is 0 Å². The molecule has 110 heavy (non-hydrogen) atoms. The molecule has 8 aliphatic rings. The molecule has 2 saturated heterocycles. The number of aromatic hydroxyl groups is 5. The van der Waals surface area contributed by atoms with Crippen molar-refractivity contribution in [3.63, 3.8) is 0 Å². The molecular formula is C72H68Cl2N8O28. The average molecular weight is 1560 g/mol. The summed E-state index contributed by atoms with van der Waals surface area (Å²) in [5.41, 5.74) is 3.10. The molecule has 0 spiro atoms. The molecule has 0 aromatic heterocycles. The molecule has 8 heterocycles. The predicted molar refractivity (Wildman–Crippen MR) is 372 cm³/mol. The van der Waals surface area contributed by atoms with Crippen LogP contribution in [0.5, 0.6) is 69.0 Å². The number of phenolic OH excluding ortho intramolecular Hbond substituents is 5. The highest BCUT2D eigenvalue weighted by Crippen LogP contribution is 2.50. The van der Waals surface area contributed by atoms with Crippen molar-refractivity contribution >= 4 is 70.5 Å². The number of fused-ring (bicyclic) bond motifs is 13. The van der Waals surface area contributed by atoms with Gasteiger partial charge in [0, 0.05) is 47.7 Å². The molecule has 15 bridgehead atoms. The van der Waals surface area contributed by atoms with Crippen LogP contribution in [0.3, 0.4) is 0 Å². The van der Waals surface area contributed by atoms with Gasteiger partial charge in [-0.3, -0.25) is 33.6 Å². The first kappa shape index (κ1) is 76.8. The molecule has 18 unspecified atom stereocenters. The van der Waals surface area contributed by atoms with Gasteiger partial charge in [0.2, 0.25) is 53.4 Å². The lowest BCUT2D eigenvalue weighted by Gasteiger charge is -2.44. The standard InChI is InChI=1S/C72H68Cl2N8O28/c1-24(85)76-54-59(93)57(91)46(22-83)108-71(54)110-62-27-7-10-42(37(74)16-27)106-45-18-29-17-44(56(45)90)105-41-9-5-25(11-36(41)73)12-38-64(96)78-51(28-13-30(86)19-32(14-28)104-63-33(3-2-4-40(63)89)49(75)65(97)77-38)67(99)80-52(29)68(100)79-50-26-6-8-39(88)34(15-26)48-35(53(70(102)103)81-69(101)55(62)82-66(50)98)20-31(87)21-43(48)107-72-61(95)60(94)58(92)47(23-84)109-72/h2-11,13-21,38,46-47,49-55,57-62,71-72,83-84,86-95H,12,22-23,75H2,1H3,(H,76,85)(H,77,97)(H,78,96)(H,79,100)(H,80,99)(H,81,101)(H,82,98)(H,102,103). The zero-order chi connectivity index (χ0) is 78.7. The van der Waals surface area contributed by atoms with Crippen LogP contribution in [0.25, 0.3) is 11.1 Å². The summed E-state index contributed by atoms with van der Waals surface area (Å²) in [5.74, 6) is -18.2. The first-order valence-corrected chi connectivity index (χ1v) is 34.3. The number of para-hydroxylation sites is 1. The van der Waals surface area contributed by atoms with Gasteiger partial charge < -0.3 is 142 Å². The van der Waals surface area contributed by atoms with Crippen LogP contribution in [0.2, 0.25) is 10.0 Å². The van der Waals surface area contributed by atoms with E-state index in [4.69, 9.17) is 62.1 Å². The molecular weight excluding hydrogens is 1500 g/mol. The van der Waals surface area contributed by atoms with Gasteiger partial charge in [0.1, 0.15) is 131 Å². The Labute approximate surface area is 629 Å². The summed E-state index contributed by atoms with van der Waals surface area (Å²) in [7, 11) is 0.